The maximum Gasteiger partial charge on any atom is 0.135 e. The van der Waals surface area contributed by atoms with Crippen molar-refractivity contribution >= 4 is 10.8 Å². The SMILES string of the molecule is CCc1ccccc1Oc1cccc2ccccc12. The fourth-order valence-electron chi connectivity index (χ4n) is 2.30. The molecule has 3 rings (SSSR count). The second-order valence-corrected chi connectivity index (χ2v) is 4.54. The van der Waals surface area contributed by atoms with Crippen molar-refractivity contribution in [2.75, 3.05) is 0 Å². The minimum absolute atomic E-state index is 0.916. The van der Waals surface area contributed by atoms with Gasteiger partial charge in [0, 0.05) is 5.39 Å². The summed E-state index contributed by atoms with van der Waals surface area (Å²) >= 11 is 0. The summed E-state index contributed by atoms with van der Waals surface area (Å²) in [4.78, 5) is 0. The molecule has 19 heavy (non-hydrogen) atoms. The molecule has 1 nitrogen and oxygen atoms in total. The highest BCUT2D eigenvalue weighted by Gasteiger charge is 2.05. The van der Waals surface area contributed by atoms with Gasteiger partial charge in [-0.3, -0.25) is 0 Å². The van der Waals surface area contributed by atoms with E-state index in [4.69, 9.17) is 4.74 Å². The summed E-state index contributed by atoms with van der Waals surface area (Å²) in [6, 6.07) is 22.7. The quantitative estimate of drug-likeness (QED) is 0.619. The molecule has 0 unspecified atom stereocenters. The fraction of sp³-hybridized carbons (Fsp3) is 0.111. The molecule has 0 spiro atoms. The van der Waals surface area contributed by atoms with Crippen molar-refractivity contribution in [2.45, 2.75) is 13.3 Å². The van der Waals surface area contributed by atoms with Crippen LogP contribution in [0.5, 0.6) is 11.5 Å². The van der Waals surface area contributed by atoms with E-state index in [1.165, 1.54) is 10.9 Å². The van der Waals surface area contributed by atoms with Crippen molar-refractivity contribution in [3.63, 3.8) is 0 Å². The van der Waals surface area contributed by atoms with Crippen molar-refractivity contribution in [2.24, 2.45) is 0 Å². The molecule has 0 aliphatic heterocycles. The normalized spacial score (nSPS) is 10.6. The van der Waals surface area contributed by atoms with Crippen LogP contribution in [0.3, 0.4) is 0 Å². The van der Waals surface area contributed by atoms with Gasteiger partial charge < -0.3 is 4.74 Å². The number of hydrogen-bond acceptors (Lipinski definition) is 1. The second-order valence-electron chi connectivity index (χ2n) is 4.54. The molecule has 3 aromatic carbocycles. The average molecular weight is 248 g/mol. The van der Waals surface area contributed by atoms with Gasteiger partial charge in [0.05, 0.1) is 0 Å². The van der Waals surface area contributed by atoms with Crippen LogP contribution in [-0.2, 0) is 6.42 Å². The molecule has 0 heterocycles. The van der Waals surface area contributed by atoms with Gasteiger partial charge in [-0.05, 0) is 29.5 Å². The first-order chi connectivity index (χ1) is 9.38. The highest BCUT2D eigenvalue weighted by Crippen LogP contribution is 2.31. The van der Waals surface area contributed by atoms with Crippen molar-refractivity contribution in [3.05, 3.63) is 72.3 Å². The molecule has 0 saturated carbocycles. The minimum Gasteiger partial charge on any atom is -0.456 e. The van der Waals surface area contributed by atoms with Gasteiger partial charge in [-0.2, -0.15) is 0 Å². The fourth-order valence-corrected chi connectivity index (χ4v) is 2.30. The molecule has 0 bridgehead atoms. The maximum atomic E-state index is 6.11. The summed E-state index contributed by atoms with van der Waals surface area (Å²) in [5.74, 6) is 1.86. The Kier molecular flexibility index (Phi) is 3.20. The number of aryl methyl sites for hydroxylation is 1. The molecule has 1 heteroatoms. The molecule has 0 radical (unpaired) electrons. The van der Waals surface area contributed by atoms with E-state index in [-0.39, 0.29) is 0 Å². The Morgan fingerprint density at radius 1 is 0.737 bits per heavy atom. The number of ether oxygens (including phenoxy) is 1. The van der Waals surface area contributed by atoms with E-state index in [9.17, 15) is 0 Å². The summed E-state index contributed by atoms with van der Waals surface area (Å²) in [6.45, 7) is 2.14. The molecule has 0 saturated heterocycles. The van der Waals surface area contributed by atoms with Crippen LogP contribution in [0.15, 0.2) is 66.7 Å². The van der Waals surface area contributed by atoms with E-state index in [0.29, 0.717) is 0 Å². The summed E-state index contributed by atoms with van der Waals surface area (Å²) < 4.78 is 6.11. The molecule has 0 N–H and O–H groups in total. The van der Waals surface area contributed by atoms with Crippen LogP contribution in [0, 0.1) is 0 Å². The number of rotatable bonds is 3. The standard InChI is InChI=1S/C18H16O/c1-2-14-8-4-6-12-17(14)19-18-13-7-10-15-9-3-5-11-16(15)18/h3-13H,2H2,1H3. The van der Waals surface area contributed by atoms with Gasteiger partial charge in [-0.25, -0.2) is 0 Å². The number of fused-ring (bicyclic) bond motifs is 1. The zero-order chi connectivity index (χ0) is 13.1. The smallest absolute Gasteiger partial charge is 0.135 e. The molecule has 0 aromatic heterocycles. The van der Waals surface area contributed by atoms with Crippen LogP contribution in [-0.4, -0.2) is 0 Å². The summed E-state index contributed by atoms with van der Waals surface area (Å²) in [7, 11) is 0. The van der Waals surface area contributed by atoms with E-state index in [2.05, 4.69) is 37.3 Å². The summed E-state index contributed by atoms with van der Waals surface area (Å²) in [6.07, 6.45) is 0.973. The topological polar surface area (TPSA) is 9.23 Å². The molecule has 0 atom stereocenters. The van der Waals surface area contributed by atoms with Gasteiger partial charge in [0.1, 0.15) is 11.5 Å². The number of para-hydroxylation sites is 1. The van der Waals surface area contributed by atoms with E-state index < -0.39 is 0 Å². The van der Waals surface area contributed by atoms with E-state index >= 15 is 0 Å². The molecule has 0 amide bonds. The van der Waals surface area contributed by atoms with Crippen molar-refractivity contribution in [3.8, 4) is 11.5 Å². The largest absolute Gasteiger partial charge is 0.456 e. The highest BCUT2D eigenvalue weighted by atomic mass is 16.5. The maximum absolute atomic E-state index is 6.11. The van der Waals surface area contributed by atoms with Gasteiger partial charge in [-0.15, -0.1) is 0 Å². The highest BCUT2D eigenvalue weighted by molar-refractivity contribution is 5.88. The van der Waals surface area contributed by atoms with E-state index in [1.807, 2.05) is 36.4 Å². The molecular weight excluding hydrogens is 232 g/mol. The average Bonchev–Trinajstić information content (AvgIpc) is 2.48. The van der Waals surface area contributed by atoms with Crippen molar-refractivity contribution in [1.29, 1.82) is 0 Å². The monoisotopic (exact) mass is 248 g/mol. The molecular formula is C18H16O. The second kappa shape index (κ2) is 5.15. The van der Waals surface area contributed by atoms with E-state index in [0.717, 1.165) is 23.3 Å². The molecule has 0 aliphatic carbocycles. The van der Waals surface area contributed by atoms with Crippen LogP contribution >= 0.6 is 0 Å². The Labute approximate surface area is 113 Å². The Morgan fingerprint density at radius 3 is 2.32 bits per heavy atom. The third-order valence-electron chi connectivity index (χ3n) is 3.32. The Hall–Kier alpha value is -2.28. The lowest BCUT2D eigenvalue weighted by molar-refractivity contribution is 0.482. The van der Waals surface area contributed by atoms with Gasteiger partial charge >= 0.3 is 0 Å². The zero-order valence-corrected chi connectivity index (χ0v) is 11.0. The summed E-state index contributed by atoms with van der Waals surface area (Å²) in [5.41, 5.74) is 1.23. The van der Waals surface area contributed by atoms with Crippen molar-refractivity contribution in [1.82, 2.24) is 0 Å². The predicted molar refractivity (Wildman–Crippen MR) is 79.8 cm³/mol. The number of hydrogen-bond donors (Lipinski definition) is 0. The third-order valence-corrected chi connectivity index (χ3v) is 3.32. The van der Waals surface area contributed by atoms with Gasteiger partial charge in [0.2, 0.25) is 0 Å². The first kappa shape index (κ1) is 11.8. The lowest BCUT2D eigenvalue weighted by Gasteiger charge is -2.11. The van der Waals surface area contributed by atoms with Gasteiger partial charge in [0.15, 0.2) is 0 Å². The van der Waals surface area contributed by atoms with Gasteiger partial charge in [0.25, 0.3) is 0 Å². The van der Waals surface area contributed by atoms with Crippen molar-refractivity contribution < 1.29 is 4.74 Å². The minimum atomic E-state index is 0.916. The lowest BCUT2D eigenvalue weighted by atomic mass is 10.1. The van der Waals surface area contributed by atoms with Gasteiger partial charge in [-0.1, -0.05) is 61.5 Å². The predicted octanol–water partition coefficient (Wildman–Crippen LogP) is 5.19. The van der Waals surface area contributed by atoms with Crippen LogP contribution in [0.1, 0.15) is 12.5 Å². The van der Waals surface area contributed by atoms with E-state index in [1.54, 1.807) is 0 Å². The Morgan fingerprint density at radius 2 is 1.42 bits per heavy atom. The Bertz CT molecular complexity index is 695. The summed E-state index contributed by atoms with van der Waals surface area (Å²) in [5, 5.41) is 2.35. The van der Waals surface area contributed by atoms with Crippen LogP contribution in [0.25, 0.3) is 10.8 Å². The molecule has 0 aliphatic rings. The molecule has 3 aromatic rings. The number of benzene rings is 3. The first-order valence-corrected chi connectivity index (χ1v) is 6.62. The van der Waals surface area contributed by atoms with Crippen LogP contribution in [0.2, 0.25) is 0 Å². The van der Waals surface area contributed by atoms with Crippen LogP contribution in [0.4, 0.5) is 0 Å². The molecule has 94 valence electrons. The zero-order valence-electron chi connectivity index (χ0n) is 11.0. The molecule has 0 fully saturated rings. The third kappa shape index (κ3) is 2.32. The first-order valence-electron chi connectivity index (χ1n) is 6.62. The lowest BCUT2D eigenvalue weighted by Crippen LogP contribution is -1.90. The Balaban J connectivity index is 2.06. The van der Waals surface area contributed by atoms with Crippen LogP contribution < -0.4 is 4.74 Å².